The van der Waals surface area contributed by atoms with Crippen molar-refractivity contribution in [3.8, 4) is 16.2 Å². The smallest absolute Gasteiger partial charge is 0.142 e. The molecule has 0 spiro atoms. The number of aryl methyl sites for hydroxylation is 3. The molecule has 5 aromatic rings. The molecule has 0 unspecified atom stereocenters. The fourth-order valence-electron chi connectivity index (χ4n) is 4.30. The van der Waals surface area contributed by atoms with Crippen molar-refractivity contribution in [1.29, 1.82) is 0 Å². The summed E-state index contributed by atoms with van der Waals surface area (Å²) in [5, 5.41) is 11.9. The largest absolute Gasteiger partial charge is 0.489 e. The number of anilines is 2. The summed E-state index contributed by atoms with van der Waals surface area (Å²) in [6, 6.07) is 12.4. The highest BCUT2D eigenvalue weighted by atomic mass is 32.1. The molecular weight excluding hydrogens is 437 g/mol. The van der Waals surface area contributed by atoms with Gasteiger partial charge in [-0.1, -0.05) is 12.1 Å². The third kappa shape index (κ3) is 3.62. The predicted molar refractivity (Wildman–Crippen MR) is 128 cm³/mol. The molecule has 0 aliphatic heterocycles. The summed E-state index contributed by atoms with van der Waals surface area (Å²) in [5.74, 6) is 1.30. The zero-order chi connectivity index (χ0) is 22.4. The number of H-pyrrole nitrogens is 1. The van der Waals surface area contributed by atoms with E-state index >= 15 is 0 Å². The lowest BCUT2D eigenvalue weighted by Crippen LogP contribution is -2.02. The number of rotatable bonds is 5. The molecule has 0 amide bonds. The van der Waals surface area contributed by atoms with Crippen LogP contribution < -0.4 is 10.1 Å². The fourth-order valence-corrected chi connectivity index (χ4v) is 5.53. The van der Waals surface area contributed by atoms with E-state index in [1.54, 1.807) is 23.7 Å². The molecule has 0 fully saturated rings. The van der Waals surface area contributed by atoms with Gasteiger partial charge in [-0.2, -0.15) is 5.10 Å². The van der Waals surface area contributed by atoms with Crippen molar-refractivity contribution in [3.05, 3.63) is 83.2 Å². The highest BCUT2D eigenvalue weighted by Crippen LogP contribution is 2.44. The second-order valence-corrected chi connectivity index (χ2v) is 9.10. The molecule has 2 aromatic carbocycles. The number of nitrogens with zero attached hydrogens (tertiary/aromatic N) is 3. The number of aromatic nitrogens is 4. The topological polar surface area (TPSA) is 75.7 Å². The van der Waals surface area contributed by atoms with Gasteiger partial charge in [-0.15, -0.1) is 11.3 Å². The molecule has 3 heterocycles. The van der Waals surface area contributed by atoms with Crippen molar-refractivity contribution in [3.63, 3.8) is 0 Å². The van der Waals surface area contributed by atoms with E-state index in [2.05, 4.69) is 25.5 Å². The second-order valence-electron chi connectivity index (χ2n) is 8.10. The van der Waals surface area contributed by atoms with E-state index in [0.29, 0.717) is 6.61 Å². The van der Waals surface area contributed by atoms with Crippen LogP contribution in [0.25, 0.3) is 20.7 Å². The van der Waals surface area contributed by atoms with Gasteiger partial charge >= 0.3 is 0 Å². The monoisotopic (exact) mass is 457 g/mol. The van der Waals surface area contributed by atoms with E-state index in [1.807, 2.05) is 37.4 Å². The van der Waals surface area contributed by atoms with Crippen molar-refractivity contribution in [2.75, 3.05) is 5.32 Å². The zero-order valence-corrected chi connectivity index (χ0v) is 18.7. The summed E-state index contributed by atoms with van der Waals surface area (Å²) in [6.45, 7) is 2.31. The predicted octanol–water partition coefficient (Wildman–Crippen LogP) is 5.95. The van der Waals surface area contributed by atoms with E-state index in [9.17, 15) is 4.39 Å². The van der Waals surface area contributed by atoms with Crippen LogP contribution in [-0.2, 0) is 19.4 Å². The van der Waals surface area contributed by atoms with Gasteiger partial charge in [0, 0.05) is 21.8 Å². The molecule has 0 radical (unpaired) electrons. The first-order valence-corrected chi connectivity index (χ1v) is 11.5. The Labute approximate surface area is 193 Å². The molecule has 1 aliphatic rings. The second kappa shape index (κ2) is 7.97. The quantitative estimate of drug-likeness (QED) is 0.341. The van der Waals surface area contributed by atoms with Crippen molar-refractivity contribution >= 4 is 33.1 Å². The standard InChI is InChI=1S/C25H20FN5OS/c1-14-9-17(5-8-21(14)32-12-15-3-2-4-16(26)10-15)30-24-22-18-6-7-20-19(11-29-31-20)23(18)33-25(22)28-13-27-24/h2-5,8-11,13H,6-7,12H2,1H3,(H,29,31)(H,27,28,30). The lowest BCUT2D eigenvalue weighted by Gasteiger charge is -2.14. The summed E-state index contributed by atoms with van der Waals surface area (Å²) < 4.78 is 19.3. The Hall–Kier alpha value is -3.78. The summed E-state index contributed by atoms with van der Waals surface area (Å²) in [6.07, 6.45) is 5.36. The number of thiophene rings is 1. The van der Waals surface area contributed by atoms with E-state index in [-0.39, 0.29) is 5.82 Å². The highest BCUT2D eigenvalue weighted by Gasteiger charge is 2.25. The Morgan fingerprint density at radius 3 is 2.97 bits per heavy atom. The van der Waals surface area contributed by atoms with Gasteiger partial charge in [0.15, 0.2) is 0 Å². The lowest BCUT2D eigenvalue weighted by atomic mass is 9.95. The molecule has 0 bridgehead atoms. The van der Waals surface area contributed by atoms with Gasteiger partial charge in [-0.3, -0.25) is 5.10 Å². The Kier molecular flexibility index (Phi) is 4.80. The third-order valence-corrected chi connectivity index (χ3v) is 7.07. The van der Waals surface area contributed by atoms with Gasteiger partial charge in [0.2, 0.25) is 0 Å². The maximum atomic E-state index is 13.4. The van der Waals surface area contributed by atoms with E-state index in [1.165, 1.54) is 33.8 Å². The average molecular weight is 458 g/mol. The number of benzene rings is 2. The zero-order valence-electron chi connectivity index (χ0n) is 17.9. The molecule has 0 saturated heterocycles. The fraction of sp³-hybridized carbons (Fsp3) is 0.160. The van der Waals surface area contributed by atoms with E-state index in [0.717, 1.165) is 51.4 Å². The third-order valence-electron chi connectivity index (χ3n) is 5.90. The molecule has 33 heavy (non-hydrogen) atoms. The van der Waals surface area contributed by atoms with Gasteiger partial charge in [-0.05, 0) is 66.8 Å². The normalized spacial score (nSPS) is 12.4. The maximum absolute atomic E-state index is 13.4. The number of fused-ring (bicyclic) bond motifs is 5. The Bertz CT molecular complexity index is 1490. The summed E-state index contributed by atoms with van der Waals surface area (Å²) in [7, 11) is 0. The van der Waals surface area contributed by atoms with Gasteiger partial charge in [0.05, 0.1) is 11.6 Å². The molecule has 1 aliphatic carbocycles. The van der Waals surface area contributed by atoms with Crippen LogP contribution in [0, 0.1) is 12.7 Å². The molecule has 2 N–H and O–H groups in total. The van der Waals surface area contributed by atoms with Crippen LogP contribution in [0.2, 0.25) is 0 Å². The number of hydrogen-bond donors (Lipinski definition) is 2. The van der Waals surface area contributed by atoms with Crippen LogP contribution >= 0.6 is 11.3 Å². The van der Waals surface area contributed by atoms with Crippen LogP contribution in [0.4, 0.5) is 15.9 Å². The van der Waals surface area contributed by atoms with Crippen molar-refractivity contribution < 1.29 is 9.13 Å². The van der Waals surface area contributed by atoms with Gasteiger partial charge < -0.3 is 10.1 Å². The van der Waals surface area contributed by atoms with Crippen molar-refractivity contribution in [2.24, 2.45) is 0 Å². The molecule has 0 atom stereocenters. The minimum Gasteiger partial charge on any atom is -0.489 e. The molecule has 6 rings (SSSR count). The maximum Gasteiger partial charge on any atom is 0.142 e. The van der Waals surface area contributed by atoms with Crippen LogP contribution in [-0.4, -0.2) is 20.2 Å². The highest BCUT2D eigenvalue weighted by molar-refractivity contribution is 7.22. The van der Waals surface area contributed by atoms with Crippen LogP contribution in [0.1, 0.15) is 22.4 Å². The molecule has 6 nitrogen and oxygen atoms in total. The number of hydrogen-bond acceptors (Lipinski definition) is 6. The van der Waals surface area contributed by atoms with E-state index < -0.39 is 0 Å². The minimum atomic E-state index is -0.261. The molecule has 8 heteroatoms. The first-order valence-electron chi connectivity index (χ1n) is 10.7. The van der Waals surface area contributed by atoms with Crippen molar-refractivity contribution in [1.82, 2.24) is 20.2 Å². The minimum absolute atomic E-state index is 0.261. The number of halogens is 1. The Morgan fingerprint density at radius 1 is 1.15 bits per heavy atom. The SMILES string of the molecule is Cc1cc(Nc2ncnc3sc4c(c23)CCc2[nH]ncc2-4)ccc1OCc1cccc(F)c1. The number of nitrogens with one attached hydrogen (secondary N) is 2. The van der Waals surface area contributed by atoms with Crippen LogP contribution in [0.15, 0.2) is 55.0 Å². The van der Waals surface area contributed by atoms with E-state index in [4.69, 9.17) is 4.74 Å². The molecule has 164 valence electrons. The molecule has 3 aromatic heterocycles. The van der Waals surface area contributed by atoms with Gasteiger partial charge in [0.25, 0.3) is 0 Å². The Morgan fingerprint density at radius 2 is 2.09 bits per heavy atom. The van der Waals surface area contributed by atoms with Crippen molar-refractivity contribution in [2.45, 2.75) is 26.4 Å². The summed E-state index contributed by atoms with van der Waals surface area (Å²) >= 11 is 1.69. The van der Waals surface area contributed by atoms with Crippen LogP contribution in [0.3, 0.4) is 0 Å². The molecule has 0 saturated carbocycles. The summed E-state index contributed by atoms with van der Waals surface area (Å²) in [4.78, 5) is 11.3. The molecular formula is C25H20FN5OS. The Balaban J connectivity index is 1.27. The number of aromatic amines is 1. The first-order chi connectivity index (χ1) is 16.2. The lowest BCUT2D eigenvalue weighted by molar-refractivity contribution is 0.303. The number of ether oxygens (including phenoxy) is 1. The summed E-state index contributed by atoms with van der Waals surface area (Å²) in [5.41, 5.74) is 6.33. The van der Waals surface area contributed by atoms with Gasteiger partial charge in [0.1, 0.15) is 35.1 Å². The average Bonchev–Trinajstić information content (AvgIpc) is 3.43. The first kappa shape index (κ1) is 19.9. The van der Waals surface area contributed by atoms with Gasteiger partial charge in [-0.25, -0.2) is 14.4 Å². The van der Waals surface area contributed by atoms with Crippen LogP contribution in [0.5, 0.6) is 5.75 Å².